The highest BCUT2D eigenvalue weighted by molar-refractivity contribution is 7.99. The highest BCUT2D eigenvalue weighted by atomic mass is 32.2. The normalized spacial score (nSPS) is 12.0. The number of nitrogens with zero attached hydrogens (tertiary/aromatic N) is 4. The van der Waals surface area contributed by atoms with Crippen molar-refractivity contribution in [1.29, 1.82) is 0 Å². The summed E-state index contributed by atoms with van der Waals surface area (Å²) in [7, 11) is 0. The van der Waals surface area contributed by atoms with E-state index in [2.05, 4.69) is 20.8 Å². The van der Waals surface area contributed by atoms with Crippen molar-refractivity contribution in [1.82, 2.24) is 25.5 Å². The number of tetrazole rings is 1. The van der Waals surface area contributed by atoms with Gasteiger partial charge in [-0.2, -0.15) is 0 Å². The molecule has 1 aromatic carbocycles. The molecule has 0 aliphatic heterocycles. The van der Waals surface area contributed by atoms with Crippen molar-refractivity contribution < 1.29 is 9.21 Å². The first kappa shape index (κ1) is 16.3. The number of rotatable bonds is 7. The Morgan fingerprint density at radius 2 is 2.12 bits per heavy atom. The minimum atomic E-state index is -0.0658. The number of hydrogen-bond donors (Lipinski definition) is 1. The number of hydrogen-bond acceptors (Lipinski definition) is 6. The number of aromatic nitrogens is 4. The summed E-state index contributed by atoms with van der Waals surface area (Å²) in [6.07, 6.45) is 1.60. The molecule has 0 bridgehead atoms. The SMILES string of the molecule is CC(NC(=O)CSc1nnnn1Cc1ccco1)c1ccccc1. The van der Waals surface area contributed by atoms with Crippen LogP contribution < -0.4 is 5.32 Å². The largest absolute Gasteiger partial charge is 0.467 e. The molecule has 0 fully saturated rings. The van der Waals surface area contributed by atoms with Gasteiger partial charge in [-0.15, -0.1) is 5.10 Å². The number of furan rings is 1. The molecule has 1 N–H and O–H groups in total. The van der Waals surface area contributed by atoms with Crippen LogP contribution in [0.4, 0.5) is 0 Å². The second-order valence-corrected chi connectivity index (χ2v) is 6.13. The quantitative estimate of drug-likeness (QED) is 0.663. The lowest BCUT2D eigenvalue weighted by Crippen LogP contribution is -2.28. The van der Waals surface area contributed by atoms with E-state index < -0.39 is 0 Å². The Morgan fingerprint density at radius 3 is 2.88 bits per heavy atom. The van der Waals surface area contributed by atoms with E-state index in [0.717, 1.165) is 11.3 Å². The van der Waals surface area contributed by atoms with E-state index in [-0.39, 0.29) is 17.7 Å². The van der Waals surface area contributed by atoms with E-state index in [1.54, 1.807) is 10.9 Å². The molecule has 1 atom stereocenters. The molecule has 1 amide bonds. The van der Waals surface area contributed by atoms with Crippen LogP contribution in [-0.4, -0.2) is 31.9 Å². The summed E-state index contributed by atoms with van der Waals surface area (Å²) >= 11 is 1.29. The smallest absolute Gasteiger partial charge is 0.230 e. The standard InChI is InChI=1S/C16H17N5O2S/c1-12(13-6-3-2-4-7-13)17-15(22)11-24-16-18-19-20-21(16)10-14-8-5-9-23-14/h2-9,12H,10-11H2,1H3,(H,17,22). The Balaban J connectivity index is 1.52. The number of carbonyl (C=O) groups excluding carboxylic acids is 1. The van der Waals surface area contributed by atoms with Gasteiger partial charge >= 0.3 is 0 Å². The van der Waals surface area contributed by atoms with Gasteiger partial charge in [0, 0.05) is 0 Å². The monoisotopic (exact) mass is 343 g/mol. The fraction of sp³-hybridized carbons (Fsp3) is 0.250. The fourth-order valence-corrected chi connectivity index (χ4v) is 2.88. The molecule has 8 heteroatoms. The van der Waals surface area contributed by atoms with E-state index in [9.17, 15) is 4.79 Å². The van der Waals surface area contributed by atoms with Crippen LogP contribution in [0.1, 0.15) is 24.3 Å². The molecule has 0 aliphatic rings. The summed E-state index contributed by atoms with van der Waals surface area (Å²) in [6.45, 7) is 2.39. The van der Waals surface area contributed by atoms with E-state index in [4.69, 9.17) is 4.42 Å². The third-order valence-electron chi connectivity index (χ3n) is 3.39. The van der Waals surface area contributed by atoms with Gasteiger partial charge in [-0.25, -0.2) is 4.68 Å². The molecule has 2 aromatic heterocycles. The van der Waals surface area contributed by atoms with Gasteiger partial charge in [-0.05, 0) is 35.0 Å². The van der Waals surface area contributed by atoms with Crippen molar-refractivity contribution in [3.8, 4) is 0 Å². The van der Waals surface area contributed by atoms with Crippen molar-refractivity contribution in [3.63, 3.8) is 0 Å². The van der Waals surface area contributed by atoms with Crippen molar-refractivity contribution >= 4 is 17.7 Å². The van der Waals surface area contributed by atoms with Crippen molar-refractivity contribution in [2.24, 2.45) is 0 Å². The Kier molecular flexibility index (Phi) is 5.27. The Hall–Kier alpha value is -2.61. The average molecular weight is 343 g/mol. The number of nitrogens with one attached hydrogen (secondary N) is 1. The predicted octanol–water partition coefficient (Wildman–Crippen LogP) is 2.28. The van der Waals surface area contributed by atoms with Crippen molar-refractivity contribution in [3.05, 3.63) is 60.1 Å². The first-order chi connectivity index (χ1) is 11.7. The van der Waals surface area contributed by atoms with Crippen LogP contribution in [0.5, 0.6) is 0 Å². The van der Waals surface area contributed by atoms with Gasteiger partial charge < -0.3 is 9.73 Å². The fourth-order valence-electron chi connectivity index (χ4n) is 2.19. The third kappa shape index (κ3) is 4.23. The van der Waals surface area contributed by atoms with Crippen LogP contribution in [-0.2, 0) is 11.3 Å². The number of amides is 1. The molecule has 2 heterocycles. The van der Waals surface area contributed by atoms with Crippen LogP contribution in [0.15, 0.2) is 58.3 Å². The molecule has 24 heavy (non-hydrogen) atoms. The number of carbonyl (C=O) groups is 1. The summed E-state index contributed by atoms with van der Waals surface area (Å²) in [6, 6.07) is 13.5. The second kappa shape index (κ2) is 7.78. The van der Waals surface area contributed by atoms with Gasteiger partial charge in [0.1, 0.15) is 12.3 Å². The van der Waals surface area contributed by atoms with Crippen LogP contribution in [0.2, 0.25) is 0 Å². The summed E-state index contributed by atoms with van der Waals surface area (Å²) in [5.41, 5.74) is 1.07. The molecule has 1 unspecified atom stereocenters. The molecule has 3 aromatic rings. The minimum Gasteiger partial charge on any atom is -0.467 e. The first-order valence-corrected chi connectivity index (χ1v) is 8.46. The topological polar surface area (TPSA) is 85.8 Å². The second-order valence-electron chi connectivity index (χ2n) is 5.19. The molecule has 124 valence electrons. The maximum atomic E-state index is 12.1. The molecule has 3 rings (SSSR count). The van der Waals surface area contributed by atoms with Gasteiger partial charge in [0.2, 0.25) is 11.1 Å². The van der Waals surface area contributed by atoms with Gasteiger partial charge in [0.25, 0.3) is 0 Å². The molecule has 0 aliphatic carbocycles. The Morgan fingerprint density at radius 1 is 1.29 bits per heavy atom. The molecule has 7 nitrogen and oxygen atoms in total. The summed E-state index contributed by atoms with van der Waals surface area (Å²) in [5, 5.41) is 15.1. The predicted molar refractivity (Wildman–Crippen MR) is 89.4 cm³/mol. The van der Waals surface area contributed by atoms with E-state index in [1.165, 1.54) is 11.8 Å². The zero-order valence-corrected chi connectivity index (χ0v) is 13.9. The van der Waals surface area contributed by atoms with E-state index in [0.29, 0.717) is 11.7 Å². The van der Waals surface area contributed by atoms with Crippen molar-refractivity contribution in [2.75, 3.05) is 5.75 Å². The van der Waals surface area contributed by atoms with Gasteiger partial charge in [-0.3, -0.25) is 4.79 Å². The third-order valence-corrected chi connectivity index (χ3v) is 4.35. The molecular weight excluding hydrogens is 326 g/mol. The lowest BCUT2D eigenvalue weighted by Gasteiger charge is -2.13. The summed E-state index contributed by atoms with van der Waals surface area (Å²) in [5.74, 6) is 0.936. The zero-order valence-electron chi connectivity index (χ0n) is 13.1. The highest BCUT2D eigenvalue weighted by Crippen LogP contribution is 2.16. The Bertz CT molecular complexity index is 773. The zero-order chi connectivity index (χ0) is 16.8. The number of thioether (sulfide) groups is 1. The molecular formula is C16H17N5O2S. The molecule has 0 saturated carbocycles. The molecule has 0 saturated heterocycles. The van der Waals surface area contributed by atoms with Crippen LogP contribution >= 0.6 is 11.8 Å². The highest BCUT2D eigenvalue weighted by Gasteiger charge is 2.13. The Labute approximate surface area is 143 Å². The summed E-state index contributed by atoms with van der Waals surface area (Å²) < 4.78 is 6.89. The first-order valence-electron chi connectivity index (χ1n) is 7.48. The van der Waals surface area contributed by atoms with Crippen LogP contribution in [0.3, 0.4) is 0 Å². The average Bonchev–Trinajstić information content (AvgIpc) is 3.26. The number of benzene rings is 1. The van der Waals surface area contributed by atoms with Crippen LogP contribution in [0, 0.1) is 0 Å². The van der Waals surface area contributed by atoms with Crippen molar-refractivity contribution in [2.45, 2.75) is 24.7 Å². The van der Waals surface area contributed by atoms with E-state index in [1.807, 2.05) is 49.4 Å². The molecule has 0 radical (unpaired) electrons. The summed E-state index contributed by atoms with van der Waals surface area (Å²) in [4.78, 5) is 12.1. The maximum absolute atomic E-state index is 12.1. The molecule has 0 spiro atoms. The van der Waals surface area contributed by atoms with E-state index >= 15 is 0 Å². The van der Waals surface area contributed by atoms with Crippen LogP contribution in [0.25, 0.3) is 0 Å². The van der Waals surface area contributed by atoms with Gasteiger partial charge in [-0.1, -0.05) is 42.1 Å². The minimum absolute atomic E-state index is 0.0431. The maximum Gasteiger partial charge on any atom is 0.230 e. The van der Waals surface area contributed by atoms with Gasteiger partial charge in [0.05, 0.1) is 18.1 Å². The lowest BCUT2D eigenvalue weighted by molar-refractivity contribution is -0.119. The lowest BCUT2D eigenvalue weighted by atomic mass is 10.1. The van der Waals surface area contributed by atoms with Gasteiger partial charge in [0.15, 0.2) is 0 Å².